The Hall–Kier alpha value is -4.38. The number of ether oxygens (including phenoxy) is 2. The second kappa shape index (κ2) is 13.6. The number of ketones is 2. The second-order valence-electron chi connectivity index (χ2n) is 15.1. The molecule has 3 aromatic carbocycles. The average Bonchev–Trinajstić information content (AvgIpc) is 3.03. The van der Waals surface area contributed by atoms with E-state index in [2.05, 4.69) is 69.5 Å². The number of carbonyl (C=O) groups excluding carboxylic acids is 2. The van der Waals surface area contributed by atoms with Gasteiger partial charge in [-0.15, -0.1) is 6.58 Å². The van der Waals surface area contributed by atoms with Crippen LogP contribution in [0.2, 0.25) is 0 Å². The predicted molar refractivity (Wildman–Crippen MR) is 192 cm³/mol. The highest BCUT2D eigenvalue weighted by molar-refractivity contribution is 6.07. The molecule has 0 saturated carbocycles. The fourth-order valence-corrected chi connectivity index (χ4v) is 7.85. The summed E-state index contributed by atoms with van der Waals surface area (Å²) in [5.74, 6) is 1.12. The Balaban J connectivity index is 1.53. The van der Waals surface area contributed by atoms with Crippen LogP contribution >= 0.6 is 0 Å². The lowest BCUT2D eigenvalue weighted by Crippen LogP contribution is -2.45. The Morgan fingerprint density at radius 1 is 0.792 bits per heavy atom. The molecule has 6 rings (SSSR count). The van der Waals surface area contributed by atoms with Gasteiger partial charge in [-0.1, -0.05) is 101 Å². The van der Waals surface area contributed by atoms with Crippen LogP contribution < -0.4 is 9.47 Å². The molecule has 0 spiro atoms. The van der Waals surface area contributed by atoms with E-state index in [0.717, 1.165) is 65.0 Å². The molecule has 250 valence electrons. The van der Waals surface area contributed by atoms with Crippen molar-refractivity contribution in [3.05, 3.63) is 130 Å². The molecule has 1 aliphatic heterocycles. The Labute approximate surface area is 286 Å². The normalized spacial score (nSPS) is 18.8. The topological polar surface area (TPSA) is 55.8 Å². The number of benzene rings is 3. The highest BCUT2D eigenvalue weighted by atomic mass is 16.5. The summed E-state index contributed by atoms with van der Waals surface area (Å²) >= 11 is 0. The molecule has 5 heteroatoms. The predicted octanol–water partition coefficient (Wildman–Crippen LogP) is 9.32. The van der Waals surface area contributed by atoms with Gasteiger partial charge in [0, 0.05) is 53.4 Å². The summed E-state index contributed by atoms with van der Waals surface area (Å²) in [7, 11) is 0. The summed E-state index contributed by atoms with van der Waals surface area (Å²) in [6.07, 6.45) is 5.72. The number of Topliss-reactive ketones (excluding diaryl/α,β-unsaturated/α-hetero) is 2. The van der Waals surface area contributed by atoms with E-state index in [-0.39, 0.29) is 22.4 Å². The lowest BCUT2D eigenvalue weighted by molar-refractivity contribution is -0.119. The summed E-state index contributed by atoms with van der Waals surface area (Å²) in [6, 6.07) is 24.7. The van der Waals surface area contributed by atoms with Gasteiger partial charge in [0.15, 0.2) is 23.1 Å². The van der Waals surface area contributed by atoms with Crippen molar-refractivity contribution in [3.63, 3.8) is 0 Å². The third-order valence-corrected chi connectivity index (χ3v) is 9.87. The van der Waals surface area contributed by atoms with Gasteiger partial charge in [0.05, 0.1) is 6.61 Å². The highest BCUT2D eigenvalue weighted by Crippen LogP contribution is 2.55. The van der Waals surface area contributed by atoms with Crippen LogP contribution in [0.5, 0.6) is 11.5 Å². The van der Waals surface area contributed by atoms with E-state index in [4.69, 9.17) is 9.47 Å². The molecule has 0 radical (unpaired) electrons. The number of hydrogen-bond donors (Lipinski definition) is 0. The first-order valence-corrected chi connectivity index (χ1v) is 17.4. The van der Waals surface area contributed by atoms with Gasteiger partial charge < -0.3 is 14.4 Å². The molecule has 3 aliphatic rings. The van der Waals surface area contributed by atoms with Gasteiger partial charge in [-0.25, -0.2) is 0 Å². The minimum atomic E-state index is -0.457. The monoisotopic (exact) mass is 643 g/mol. The standard InChI is InChI=1S/C43H49NO4/c1-7-15-31-22-32(23-37(47-8-2)41(31)48-28-30-18-13-10-14-19-30)38-39-33(24-42(3,4)26-35(39)45)44(21-20-29-16-11-9-12-17-29)34-25-43(5,6)27-36(46)40(34)38/h7,9-14,16-19,22-23,38H,1,8,15,20-21,24-28H2,2-6H3. The Morgan fingerprint density at radius 3 is 1.90 bits per heavy atom. The molecule has 1 heterocycles. The summed E-state index contributed by atoms with van der Waals surface area (Å²) in [5, 5.41) is 0. The Morgan fingerprint density at radius 2 is 1.35 bits per heavy atom. The van der Waals surface area contributed by atoms with Crippen LogP contribution in [0.15, 0.2) is 108 Å². The molecule has 3 aromatic rings. The highest BCUT2D eigenvalue weighted by Gasteiger charge is 2.49. The smallest absolute Gasteiger partial charge is 0.165 e. The summed E-state index contributed by atoms with van der Waals surface area (Å²) < 4.78 is 12.7. The number of rotatable bonds is 11. The van der Waals surface area contributed by atoms with Crippen molar-refractivity contribution < 1.29 is 19.1 Å². The van der Waals surface area contributed by atoms with Crippen molar-refractivity contribution >= 4 is 11.6 Å². The molecule has 0 saturated heterocycles. The summed E-state index contributed by atoms with van der Waals surface area (Å²) in [5.41, 5.74) is 7.49. The molecular formula is C43H49NO4. The van der Waals surface area contributed by atoms with Gasteiger partial charge in [-0.2, -0.15) is 0 Å². The third kappa shape index (κ3) is 6.92. The SMILES string of the molecule is C=CCc1cc(C2C3=C(CC(C)(C)CC3=O)N(CCc3ccccc3)C3=C2C(=O)CC(C)(C)C3)cc(OCC)c1OCc1ccccc1. The van der Waals surface area contributed by atoms with Crippen molar-refractivity contribution in [2.45, 2.75) is 85.7 Å². The van der Waals surface area contributed by atoms with E-state index in [0.29, 0.717) is 44.0 Å². The van der Waals surface area contributed by atoms with Crippen molar-refractivity contribution in [2.24, 2.45) is 10.8 Å². The summed E-state index contributed by atoms with van der Waals surface area (Å²) in [6.45, 7) is 16.3. The van der Waals surface area contributed by atoms with E-state index in [9.17, 15) is 9.59 Å². The maximum atomic E-state index is 14.4. The van der Waals surface area contributed by atoms with Gasteiger partial charge in [0.25, 0.3) is 0 Å². The van der Waals surface area contributed by atoms with Crippen LogP contribution in [-0.4, -0.2) is 29.6 Å². The molecule has 0 unspecified atom stereocenters. The van der Waals surface area contributed by atoms with Crippen molar-refractivity contribution in [2.75, 3.05) is 13.2 Å². The van der Waals surface area contributed by atoms with Gasteiger partial charge in [0.2, 0.25) is 0 Å². The van der Waals surface area contributed by atoms with Gasteiger partial charge in [0.1, 0.15) is 6.61 Å². The number of hydrogen-bond acceptors (Lipinski definition) is 5. The van der Waals surface area contributed by atoms with Crippen LogP contribution in [0.3, 0.4) is 0 Å². The minimum absolute atomic E-state index is 0.132. The molecule has 2 aliphatic carbocycles. The van der Waals surface area contributed by atoms with Crippen molar-refractivity contribution in [3.8, 4) is 11.5 Å². The Kier molecular flexibility index (Phi) is 9.51. The zero-order chi connectivity index (χ0) is 34.1. The van der Waals surface area contributed by atoms with Gasteiger partial charge in [-0.3, -0.25) is 9.59 Å². The molecule has 0 atom stereocenters. The second-order valence-corrected chi connectivity index (χ2v) is 15.1. The fourth-order valence-electron chi connectivity index (χ4n) is 7.85. The van der Waals surface area contributed by atoms with Crippen LogP contribution in [0.1, 0.15) is 88.5 Å². The quantitative estimate of drug-likeness (QED) is 0.195. The first-order valence-electron chi connectivity index (χ1n) is 17.4. The minimum Gasteiger partial charge on any atom is -0.490 e. The molecule has 0 fully saturated rings. The molecule has 0 aromatic heterocycles. The molecule has 48 heavy (non-hydrogen) atoms. The molecule has 0 amide bonds. The first-order chi connectivity index (χ1) is 23.0. The molecule has 0 bridgehead atoms. The maximum absolute atomic E-state index is 14.4. The number of allylic oxidation sites excluding steroid dienone is 5. The average molecular weight is 644 g/mol. The lowest BCUT2D eigenvalue weighted by atomic mass is 9.63. The van der Waals surface area contributed by atoms with Crippen molar-refractivity contribution in [1.82, 2.24) is 4.90 Å². The molecular weight excluding hydrogens is 594 g/mol. The summed E-state index contributed by atoms with van der Waals surface area (Å²) in [4.78, 5) is 31.2. The van der Waals surface area contributed by atoms with E-state index >= 15 is 0 Å². The van der Waals surface area contributed by atoms with E-state index in [1.54, 1.807) is 0 Å². The fraction of sp³-hybridized carbons (Fsp3) is 0.395. The zero-order valence-electron chi connectivity index (χ0n) is 29.2. The largest absolute Gasteiger partial charge is 0.490 e. The van der Waals surface area contributed by atoms with Gasteiger partial charge >= 0.3 is 0 Å². The van der Waals surface area contributed by atoms with Crippen molar-refractivity contribution in [1.29, 1.82) is 0 Å². The van der Waals surface area contributed by atoms with Crippen LogP contribution in [0, 0.1) is 10.8 Å². The number of nitrogens with zero attached hydrogens (tertiary/aromatic N) is 1. The number of carbonyl (C=O) groups is 2. The van der Waals surface area contributed by atoms with Crippen LogP contribution in [0.4, 0.5) is 0 Å². The van der Waals surface area contributed by atoms with E-state index in [1.165, 1.54) is 5.56 Å². The van der Waals surface area contributed by atoms with Crippen LogP contribution in [0.25, 0.3) is 0 Å². The lowest BCUT2D eigenvalue weighted by Gasteiger charge is -2.49. The van der Waals surface area contributed by atoms with E-state index < -0.39 is 5.92 Å². The maximum Gasteiger partial charge on any atom is 0.165 e. The Bertz CT molecular complexity index is 1710. The molecule has 5 nitrogen and oxygen atoms in total. The zero-order valence-corrected chi connectivity index (χ0v) is 29.2. The van der Waals surface area contributed by atoms with Crippen LogP contribution in [-0.2, 0) is 29.0 Å². The third-order valence-electron chi connectivity index (χ3n) is 9.87. The van der Waals surface area contributed by atoms with Gasteiger partial charge in [-0.05, 0) is 66.2 Å². The molecule has 0 N–H and O–H groups in total. The van der Waals surface area contributed by atoms with E-state index in [1.807, 2.05) is 55.5 Å². The first kappa shape index (κ1) is 33.5.